The van der Waals surface area contributed by atoms with Crippen LogP contribution in [0.2, 0.25) is 0 Å². The summed E-state index contributed by atoms with van der Waals surface area (Å²) in [5, 5.41) is 0. The van der Waals surface area contributed by atoms with Crippen LogP contribution in [-0.2, 0) is 6.54 Å². The van der Waals surface area contributed by atoms with E-state index >= 15 is 0 Å². The smallest absolute Gasteiger partial charge is 0.254 e. The van der Waals surface area contributed by atoms with Gasteiger partial charge in [0.15, 0.2) is 11.5 Å². The number of benzene rings is 1. The average Bonchev–Trinajstić information content (AvgIpc) is 2.69. The van der Waals surface area contributed by atoms with Crippen molar-refractivity contribution in [3.63, 3.8) is 0 Å². The zero-order valence-electron chi connectivity index (χ0n) is 16.2. The molecule has 6 heteroatoms. The van der Waals surface area contributed by atoms with Crippen LogP contribution in [0.5, 0.6) is 11.5 Å². The summed E-state index contributed by atoms with van der Waals surface area (Å²) in [6.45, 7) is 7.97. The lowest BCUT2D eigenvalue weighted by molar-refractivity contribution is 0.0628. The maximum atomic E-state index is 12.9. The Kier molecular flexibility index (Phi) is 6.29. The highest BCUT2D eigenvalue weighted by Crippen LogP contribution is 2.29. The Bertz CT molecular complexity index is 757. The van der Waals surface area contributed by atoms with Crippen LogP contribution in [0.1, 0.15) is 29.8 Å². The van der Waals surface area contributed by atoms with Gasteiger partial charge < -0.3 is 14.4 Å². The van der Waals surface area contributed by atoms with Gasteiger partial charge in [-0.3, -0.25) is 14.7 Å². The van der Waals surface area contributed by atoms with Crippen molar-refractivity contribution in [3.8, 4) is 11.5 Å². The Morgan fingerprint density at radius 1 is 1.07 bits per heavy atom. The largest absolute Gasteiger partial charge is 0.493 e. The van der Waals surface area contributed by atoms with Gasteiger partial charge >= 0.3 is 0 Å². The number of methoxy groups -OCH3 is 1. The molecule has 144 valence electrons. The van der Waals surface area contributed by atoms with Crippen LogP contribution < -0.4 is 9.47 Å². The summed E-state index contributed by atoms with van der Waals surface area (Å²) >= 11 is 0. The zero-order chi connectivity index (χ0) is 19.2. The topological polar surface area (TPSA) is 54.9 Å². The van der Waals surface area contributed by atoms with Gasteiger partial charge in [-0.05, 0) is 49.7 Å². The fourth-order valence-corrected chi connectivity index (χ4v) is 3.19. The number of ether oxygens (including phenoxy) is 2. The number of rotatable bonds is 6. The van der Waals surface area contributed by atoms with E-state index in [4.69, 9.17) is 9.47 Å². The van der Waals surface area contributed by atoms with Crippen LogP contribution in [0.25, 0.3) is 0 Å². The van der Waals surface area contributed by atoms with E-state index in [2.05, 4.69) is 9.88 Å². The van der Waals surface area contributed by atoms with Crippen LogP contribution in [0, 0.1) is 0 Å². The minimum absolute atomic E-state index is 0.0351. The molecule has 1 aliphatic heterocycles. The van der Waals surface area contributed by atoms with Crippen molar-refractivity contribution in [2.24, 2.45) is 0 Å². The predicted molar refractivity (Wildman–Crippen MR) is 104 cm³/mol. The minimum Gasteiger partial charge on any atom is -0.493 e. The fraction of sp³-hybridized carbons (Fsp3) is 0.429. The first-order valence-electron chi connectivity index (χ1n) is 9.32. The Morgan fingerprint density at radius 3 is 2.41 bits per heavy atom. The van der Waals surface area contributed by atoms with Crippen LogP contribution in [0.4, 0.5) is 0 Å². The minimum atomic E-state index is 0.0351. The zero-order valence-corrected chi connectivity index (χ0v) is 16.2. The van der Waals surface area contributed by atoms with Crippen molar-refractivity contribution in [2.45, 2.75) is 26.5 Å². The van der Waals surface area contributed by atoms with Gasteiger partial charge in [-0.1, -0.05) is 0 Å². The molecule has 1 saturated heterocycles. The van der Waals surface area contributed by atoms with E-state index in [1.165, 1.54) is 5.56 Å². The molecule has 6 nitrogen and oxygen atoms in total. The first-order chi connectivity index (χ1) is 13.1. The Morgan fingerprint density at radius 2 is 1.78 bits per heavy atom. The molecule has 1 aromatic heterocycles. The molecule has 2 heterocycles. The number of carbonyl (C=O) groups is 1. The van der Waals surface area contributed by atoms with Crippen molar-refractivity contribution >= 4 is 5.91 Å². The molecular weight excluding hydrogens is 342 g/mol. The Labute approximate surface area is 160 Å². The summed E-state index contributed by atoms with van der Waals surface area (Å²) in [5.74, 6) is 1.28. The quantitative estimate of drug-likeness (QED) is 0.784. The first kappa shape index (κ1) is 19.2. The third kappa shape index (κ3) is 4.98. The van der Waals surface area contributed by atoms with E-state index in [1.54, 1.807) is 13.2 Å². The van der Waals surface area contributed by atoms with E-state index in [-0.39, 0.29) is 12.0 Å². The number of hydrogen-bond acceptors (Lipinski definition) is 5. The number of aromatic nitrogens is 1. The number of pyridine rings is 1. The summed E-state index contributed by atoms with van der Waals surface area (Å²) in [5.41, 5.74) is 1.88. The molecule has 0 saturated carbocycles. The van der Waals surface area contributed by atoms with Gasteiger partial charge in [-0.25, -0.2) is 0 Å². The average molecular weight is 369 g/mol. The van der Waals surface area contributed by atoms with Crippen molar-refractivity contribution in [1.29, 1.82) is 0 Å². The highest BCUT2D eigenvalue weighted by Gasteiger charge is 2.23. The first-order valence-corrected chi connectivity index (χ1v) is 9.32. The Hall–Kier alpha value is -2.60. The molecule has 0 atom stereocenters. The predicted octanol–water partition coefficient (Wildman–Crippen LogP) is 2.84. The molecule has 0 N–H and O–H groups in total. The van der Waals surface area contributed by atoms with E-state index in [0.717, 1.165) is 32.7 Å². The van der Waals surface area contributed by atoms with Crippen molar-refractivity contribution in [2.75, 3.05) is 33.3 Å². The third-order valence-corrected chi connectivity index (χ3v) is 4.59. The second kappa shape index (κ2) is 8.86. The summed E-state index contributed by atoms with van der Waals surface area (Å²) < 4.78 is 11.1. The summed E-state index contributed by atoms with van der Waals surface area (Å²) in [6.07, 6.45) is 3.68. The van der Waals surface area contributed by atoms with Gasteiger partial charge in [0, 0.05) is 50.7 Å². The second-order valence-corrected chi connectivity index (χ2v) is 6.96. The highest BCUT2D eigenvalue weighted by atomic mass is 16.5. The van der Waals surface area contributed by atoms with E-state index in [0.29, 0.717) is 17.1 Å². The van der Waals surface area contributed by atoms with E-state index in [9.17, 15) is 4.79 Å². The fourth-order valence-electron chi connectivity index (χ4n) is 3.19. The molecule has 1 fully saturated rings. The molecule has 1 aromatic carbocycles. The molecule has 0 bridgehead atoms. The number of piperazine rings is 1. The summed E-state index contributed by atoms with van der Waals surface area (Å²) in [6, 6.07) is 9.45. The molecule has 2 aromatic rings. The van der Waals surface area contributed by atoms with Gasteiger partial charge in [0.05, 0.1) is 13.2 Å². The third-order valence-electron chi connectivity index (χ3n) is 4.59. The number of carbonyl (C=O) groups excluding carboxylic acids is 1. The number of hydrogen-bond donors (Lipinski definition) is 0. The highest BCUT2D eigenvalue weighted by molar-refractivity contribution is 5.95. The lowest BCUT2D eigenvalue weighted by Crippen LogP contribution is -2.48. The van der Waals surface area contributed by atoms with Crippen LogP contribution in [0.15, 0.2) is 42.7 Å². The van der Waals surface area contributed by atoms with Crippen LogP contribution in [0.3, 0.4) is 0 Å². The van der Waals surface area contributed by atoms with Gasteiger partial charge in [0.2, 0.25) is 0 Å². The lowest BCUT2D eigenvalue weighted by atomic mass is 10.1. The Balaban J connectivity index is 1.60. The van der Waals surface area contributed by atoms with Crippen LogP contribution >= 0.6 is 0 Å². The number of nitrogens with zero attached hydrogens (tertiary/aromatic N) is 3. The molecule has 27 heavy (non-hydrogen) atoms. The molecule has 3 rings (SSSR count). The summed E-state index contributed by atoms with van der Waals surface area (Å²) in [4.78, 5) is 21.2. The molecule has 1 aliphatic rings. The van der Waals surface area contributed by atoms with E-state index < -0.39 is 0 Å². The van der Waals surface area contributed by atoms with Gasteiger partial charge in [-0.15, -0.1) is 0 Å². The SMILES string of the molecule is COc1cc(C(=O)N2CCN(Cc3ccncc3)CC2)ccc1OC(C)C. The van der Waals surface area contributed by atoms with Gasteiger partial charge in [0.1, 0.15) is 0 Å². The van der Waals surface area contributed by atoms with Crippen molar-refractivity contribution < 1.29 is 14.3 Å². The normalized spacial score (nSPS) is 15.0. The lowest BCUT2D eigenvalue weighted by Gasteiger charge is -2.34. The molecule has 0 radical (unpaired) electrons. The van der Waals surface area contributed by atoms with Crippen molar-refractivity contribution in [1.82, 2.24) is 14.8 Å². The van der Waals surface area contributed by atoms with Crippen LogP contribution in [-0.4, -0.2) is 60.1 Å². The molecule has 0 aliphatic carbocycles. The molecule has 0 spiro atoms. The summed E-state index contributed by atoms with van der Waals surface area (Å²) in [7, 11) is 1.59. The van der Waals surface area contributed by atoms with Gasteiger partial charge in [0.25, 0.3) is 5.91 Å². The second-order valence-electron chi connectivity index (χ2n) is 6.96. The van der Waals surface area contributed by atoms with Gasteiger partial charge in [-0.2, -0.15) is 0 Å². The monoisotopic (exact) mass is 369 g/mol. The van der Waals surface area contributed by atoms with E-state index in [1.807, 2.05) is 55.4 Å². The number of amides is 1. The standard InChI is InChI=1S/C21H27N3O3/c1-16(2)27-19-5-4-18(14-20(19)26-3)21(25)24-12-10-23(11-13-24)15-17-6-8-22-9-7-17/h4-9,14,16H,10-13,15H2,1-3H3. The molecule has 1 amide bonds. The molecule has 0 unspecified atom stereocenters. The maximum Gasteiger partial charge on any atom is 0.254 e. The molecular formula is C21H27N3O3. The van der Waals surface area contributed by atoms with Crippen molar-refractivity contribution in [3.05, 3.63) is 53.9 Å². The maximum absolute atomic E-state index is 12.9.